The molecule has 2 aromatic heterocycles. The molecule has 0 fully saturated rings. The van der Waals surface area contributed by atoms with Gasteiger partial charge in [-0.05, 0) is 43.2 Å². The molecule has 0 unspecified atom stereocenters. The van der Waals surface area contributed by atoms with Gasteiger partial charge in [0.15, 0.2) is 0 Å². The third-order valence-corrected chi connectivity index (χ3v) is 3.00. The lowest BCUT2D eigenvalue weighted by Crippen LogP contribution is -2.16. The van der Waals surface area contributed by atoms with Crippen molar-refractivity contribution >= 4 is 23.0 Å². The summed E-state index contributed by atoms with van der Waals surface area (Å²) >= 11 is 5.10. The second-order valence-corrected chi connectivity index (χ2v) is 4.82. The molecule has 5 heteroatoms. The van der Waals surface area contributed by atoms with E-state index in [1.54, 1.807) is 12.4 Å². The van der Waals surface area contributed by atoms with Crippen LogP contribution < -0.4 is 11.1 Å². The largest absolute Gasteiger partial charge is 0.389 e. The highest BCUT2D eigenvalue weighted by molar-refractivity contribution is 7.80. The first-order valence-electron chi connectivity index (χ1n) is 5.98. The van der Waals surface area contributed by atoms with Crippen molar-refractivity contribution in [2.24, 2.45) is 5.73 Å². The van der Waals surface area contributed by atoms with Crippen molar-refractivity contribution in [1.29, 1.82) is 0 Å². The van der Waals surface area contributed by atoms with Gasteiger partial charge >= 0.3 is 0 Å². The zero-order chi connectivity index (χ0) is 13.8. The van der Waals surface area contributed by atoms with E-state index < -0.39 is 0 Å². The van der Waals surface area contributed by atoms with Gasteiger partial charge in [-0.3, -0.25) is 4.98 Å². The van der Waals surface area contributed by atoms with Crippen LogP contribution in [0.4, 0.5) is 5.82 Å². The van der Waals surface area contributed by atoms with E-state index in [0.717, 1.165) is 28.2 Å². The zero-order valence-electron chi connectivity index (χ0n) is 11.0. The van der Waals surface area contributed by atoms with Gasteiger partial charge in [0.1, 0.15) is 10.8 Å². The molecule has 0 aromatic carbocycles. The molecule has 98 valence electrons. The van der Waals surface area contributed by atoms with Gasteiger partial charge in [0, 0.05) is 24.6 Å². The maximum Gasteiger partial charge on any atom is 0.137 e. The van der Waals surface area contributed by atoms with Crippen molar-refractivity contribution in [3.05, 3.63) is 53.0 Å². The van der Waals surface area contributed by atoms with Crippen molar-refractivity contribution in [3.8, 4) is 0 Å². The summed E-state index contributed by atoms with van der Waals surface area (Å²) in [7, 11) is 0. The smallest absolute Gasteiger partial charge is 0.137 e. The summed E-state index contributed by atoms with van der Waals surface area (Å²) in [5, 5.41) is 3.29. The molecule has 0 spiro atoms. The number of nitrogens with zero attached hydrogens (tertiary/aromatic N) is 2. The van der Waals surface area contributed by atoms with Crippen molar-refractivity contribution in [2.45, 2.75) is 20.4 Å². The van der Waals surface area contributed by atoms with Gasteiger partial charge in [0.05, 0.1) is 5.56 Å². The van der Waals surface area contributed by atoms with E-state index in [4.69, 9.17) is 18.0 Å². The molecular formula is C14H16N4S. The molecule has 4 nitrogen and oxygen atoms in total. The minimum atomic E-state index is 0.363. The molecule has 0 radical (unpaired) electrons. The van der Waals surface area contributed by atoms with Crippen LogP contribution in [-0.4, -0.2) is 15.0 Å². The minimum absolute atomic E-state index is 0.363. The van der Waals surface area contributed by atoms with E-state index in [-0.39, 0.29) is 0 Å². The molecule has 2 aromatic rings. The summed E-state index contributed by atoms with van der Waals surface area (Å²) in [6.45, 7) is 4.60. The normalized spacial score (nSPS) is 10.2. The van der Waals surface area contributed by atoms with Crippen LogP contribution in [0.15, 0.2) is 30.6 Å². The van der Waals surface area contributed by atoms with Crippen LogP contribution in [0.1, 0.15) is 22.4 Å². The summed E-state index contributed by atoms with van der Waals surface area (Å²) < 4.78 is 0. The maximum atomic E-state index is 5.78. The van der Waals surface area contributed by atoms with Crippen LogP contribution in [0.25, 0.3) is 0 Å². The number of aryl methyl sites for hydroxylation is 2. The molecule has 0 saturated carbocycles. The highest BCUT2D eigenvalue weighted by atomic mass is 32.1. The molecule has 0 bridgehead atoms. The number of pyridine rings is 2. The van der Waals surface area contributed by atoms with Crippen LogP contribution >= 0.6 is 12.2 Å². The SMILES string of the molecule is Cc1cc(C)c(C(N)=S)c(NCc2ccncc2)n1. The van der Waals surface area contributed by atoms with Gasteiger partial charge in [-0.15, -0.1) is 0 Å². The Hall–Kier alpha value is -2.01. The summed E-state index contributed by atoms with van der Waals surface area (Å²) in [5.74, 6) is 0.738. The molecule has 2 rings (SSSR count). The highest BCUT2D eigenvalue weighted by Crippen LogP contribution is 2.19. The topological polar surface area (TPSA) is 63.8 Å². The summed E-state index contributed by atoms with van der Waals surface area (Å²) in [6.07, 6.45) is 3.53. The van der Waals surface area contributed by atoms with Gasteiger partial charge in [-0.1, -0.05) is 12.2 Å². The molecule has 0 amide bonds. The van der Waals surface area contributed by atoms with E-state index >= 15 is 0 Å². The van der Waals surface area contributed by atoms with Gasteiger partial charge < -0.3 is 11.1 Å². The summed E-state index contributed by atoms with van der Waals surface area (Å²) in [4.78, 5) is 8.83. The Morgan fingerprint density at radius 2 is 2.00 bits per heavy atom. The molecule has 0 atom stereocenters. The first-order valence-corrected chi connectivity index (χ1v) is 6.39. The molecular weight excluding hydrogens is 256 g/mol. The lowest BCUT2D eigenvalue weighted by atomic mass is 10.1. The van der Waals surface area contributed by atoms with Gasteiger partial charge in [0.25, 0.3) is 0 Å². The Labute approximate surface area is 118 Å². The van der Waals surface area contributed by atoms with E-state index in [2.05, 4.69) is 15.3 Å². The molecule has 0 aliphatic rings. The second-order valence-electron chi connectivity index (χ2n) is 4.38. The van der Waals surface area contributed by atoms with Crippen LogP contribution in [0, 0.1) is 13.8 Å². The van der Waals surface area contributed by atoms with E-state index in [0.29, 0.717) is 11.5 Å². The number of nitrogens with two attached hydrogens (primary N) is 1. The number of hydrogen-bond acceptors (Lipinski definition) is 4. The maximum absolute atomic E-state index is 5.78. The van der Waals surface area contributed by atoms with E-state index in [1.807, 2.05) is 32.0 Å². The van der Waals surface area contributed by atoms with E-state index in [9.17, 15) is 0 Å². The molecule has 2 heterocycles. The minimum Gasteiger partial charge on any atom is -0.389 e. The third kappa shape index (κ3) is 3.26. The van der Waals surface area contributed by atoms with Crippen molar-refractivity contribution in [3.63, 3.8) is 0 Å². The average molecular weight is 272 g/mol. The Morgan fingerprint density at radius 3 is 2.63 bits per heavy atom. The lowest BCUT2D eigenvalue weighted by molar-refractivity contribution is 1.07. The monoisotopic (exact) mass is 272 g/mol. The quantitative estimate of drug-likeness (QED) is 0.836. The first kappa shape index (κ1) is 13.4. The predicted molar refractivity (Wildman–Crippen MR) is 81.2 cm³/mol. The average Bonchev–Trinajstić information content (AvgIpc) is 2.36. The summed E-state index contributed by atoms with van der Waals surface area (Å²) in [5.41, 5.74) is 9.70. The van der Waals surface area contributed by atoms with E-state index in [1.165, 1.54) is 0 Å². The Balaban J connectivity index is 2.27. The van der Waals surface area contributed by atoms with Crippen molar-refractivity contribution < 1.29 is 0 Å². The number of aromatic nitrogens is 2. The van der Waals surface area contributed by atoms with Crippen molar-refractivity contribution in [2.75, 3.05) is 5.32 Å². The summed E-state index contributed by atoms with van der Waals surface area (Å²) in [6, 6.07) is 5.89. The number of nitrogens with one attached hydrogen (secondary N) is 1. The zero-order valence-corrected chi connectivity index (χ0v) is 11.8. The number of rotatable bonds is 4. The fraction of sp³-hybridized carbons (Fsp3) is 0.214. The first-order chi connectivity index (χ1) is 9.08. The molecule has 19 heavy (non-hydrogen) atoms. The van der Waals surface area contributed by atoms with Crippen LogP contribution in [0.3, 0.4) is 0 Å². The van der Waals surface area contributed by atoms with Crippen molar-refractivity contribution in [1.82, 2.24) is 9.97 Å². The van der Waals surface area contributed by atoms with Gasteiger partial charge in [-0.2, -0.15) is 0 Å². The van der Waals surface area contributed by atoms with Crippen LogP contribution in [0.2, 0.25) is 0 Å². The number of thiocarbonyl (C=S) groups is 1. The number of anilines is 1. The number of hydrogen-bond donors (Lipinski definition) is 2. The predicted octanol–water partition coefficient (Wildman–Crippen LogP) is 2.34. The fourth-order valence-corrected chi connectivity index (χ4v) is 2.22. The lowest BCUT2D eigenvalue weighted by Gasteiger charge is -2.13. The third-order valence-electron chi connectivity index (χ3n) is 2.80. The Bertz CT molecular complexity index is 596. The molecule has 0 aliphatic heterocycles. The van der Waals surface area contributed by atoms with Gasteiger partial charge in [0.2, 0.25) is 0 Å². The molecule has 0 aliphatic carbocycles. The second kappa shape index (κ2) is 5.75. The fourth-order valence-electron chi connectivity index (χ4n) is 1.96. The Kier molecular flexibility index (Phi) is 4.06. The molecule has 3 N–H and O–H groups in total. The standard InChI is InChI=1S/C14H16N4S/c1-9-7-10(2)18-14(12(9)13(15)19)17-8-11-3-5-16-6-4-11/h3-7H,8H2,1-2H3,(H2,15,19)(H,17,18). The molecule has 0 saturated heterocycles. The van der Waals surface area contributed by atoms with Crippen LogP contribution in [-0.2, 0) is 6.54 Å². The highest BCUT2D eigenvalue weighted by Gasteiger charge is 2.11. The van der Waals surface area contributed by atoms with Gasteiger partial charge in [-0.25, -0.2) is 4.98 Å². The Morgan fingerprint density at radius 1 is 1.32 bits per heavy atom. The van der Waals surface area contributed by atoms with Crippen LogP contribution in [0.5, 0.6) is 0 Å².